The van der Waals surface area contributed by atoms with E-state index in [2.05, 4.69) is 11.9 Å². The highest BCUT2D eigenvalue weighted by Gasteiger charge is 2.36. The predicted octanol–water partition coefficient (Wildman–Crippen LogP) is 0.570. The molecule has 2 fully saturated rings. The van der Waals surface area contributed by atoms with Crippen LogP contribution >= 0.6 is 0 Å². The molecule has 58 valence electrons. The van der Waals surface area contributed by atoms with Crippen molar-refractivity contribution in [1.29, 1.82) is 0 Å². The maximum absolute atomic E-state index is 5.89. The molecule has 0 amide bonds. The lowest BCUT2D eigenvalue weighted by atomic mass is 9.99. The second-order valence-electron chi connectivity index (χ2n) is 3.78. The van der Waals surface area contributed by atoms with Gasteiger partial charge in [0.1, 0.15) is 0 Å². The summed E-state index contributed by atoms with van der Waals surface area (Å²) >= 11 is 0. The highest BCUT2D eigenvalue weighted by molar-refractivity contribution is 4.94. The molecule has 10 heavy (non-hydrogen) atoms. The standard InChI is InChI=1S/C8H16N2/c1-10-7-2-3-8(10)5-6(9)4-7/h6-8H,2-5,9H2,1H3/t6-,7+,8?/m0/s1. The number of fused-ring (bicyclic) bond motifs is 2. The van der Waals surface area contributed by atoms with Crippen LogP contribution in [0.25, 0.3) is 0 Å². The Kier molecular flexibility index (Phi) is 1.46. The number of hydrogen-bond donors (Lipinski definition) is 1. The third kappa shape index (κ3) is 0.867. The van der Waals surface area contributed by atoms with Crippen molar-refractivity contribution in [3.8, 4) is 0 Å². The van der Waals surface area contributed by atoms with Crippen LogP contribution in [0.1, 0.15) is 25.7 Å². The summed E-state index contributed by atoms with van der Waals surface area (Å²) in [7, 11) is 2.24. The molecule has 0 aromatic rings. The SMILES string of the molecule is CN1C2CC[C@@H]1C[C@H](N)C2. The molecule has 3 atom stereocenters. The van der Waals surface area contributed by atoms with Crippen molar-refractivity contribution in [2.24, 2.45) is 5.73 Å². The van der Waals surface area contributed by atoms with Crippen LogP contribution in [0.15, 0.2) is 0 Å². The maximum Gasteiger partial charge on any atom is 0.0110 e. The van der Waals surface area contributed by atoms with Gasteiger partial charge in [0.15, 0.2) is 0 Å². The van der Waals surface area contributed by atoms with Crippen LogP contribution in [-0.2, 0) is 0 Å². The summed E-state index contributed by atoms with van der Waals surface area (Å²) in [5.41, 5.74) is 5.89. The van der Waals surface area contributed by atoms with Crippen LogP contribution in [0, 0.1) is 0 Å². The van der Waals surface area contributed by atoms with Gasteiger partial charge in [0.05, 0.1) is 0 Å². The zero-order valence-electron chi connectivity index (χ0n) is 6.59. The Morgan fingerprint density at radius 1 is 1.20 bits per heavy atom. The van der Waals surface area contributed by atoms with Crippen molar-refractivity contribution in [3.05, 3.63) is 0 Å². The Morgan fingerprint density at radius 2 is 1.70 bits per heavy atom. The van der Waals surface area contributed by atoms with Crippen molar-refractivity contribution >= 4 is 0 Å². The van der Waals surface area contributed by atoms with E-state index in [1.165, 1.54) is 25.7 Å². The van der Waals surface area contributed by atoms with Crippen molar-refractivity contribution in [2.75, 3.05) is 7.05 Å². The van der Waals surface area contributed by atoms with E-state index in [0.717, 1.165) is 12.1 Å². The molecule has 2 rings (SSSR count). The summed E-state index contributed by atoms with van der Waals surface area (Å²) in [6.07, 6.45) is 5.23. The van der Waals surface area contributed by atoms with Gasteiger partial charge in [0, 0.05) is 18.1 Å². The normalized spacial score (nSPS) is 48.0. The van der Waals surface area contributed by atoms with E-state index in [-0.39, 0.29) is 0 Å². The summed E-state index contributed by atoms with van der Waals surface area (Å²) in [6, 6.07) is 2.12. The highest BCUT2D eigenvalue weighted by Crippen LogP contribution is 2.33. The minimum absolute atomic E-state index is 0.494. The van der Waals surface area contributed by atoms with Crippen LogP contribution in [0.2, 0.25) is 0 Å². The van der Waals surface area contributed by atoms with Gasteiger partial charge < -0.3 is 10.6 Å². The van der Waals surface area contributed by atoms with Gasteiger partial charge >= 0.3 is 0 Å². The third-order valence-electron chi connectivity index (χ3n) is 3.13. The van der Waals surface area contributed by atoms with Gasteiger partial charge in [-0.25, -0.2) is 0 Å². The van der Waals surface area contributed by atoms with Crippen LogP contribution in [0.3, 0.4) is 0 Å². The molecule has 0 saturated carbocycles. The van der Waals surface area contributed by atoms with Crippen LogP contribution in [0.4, 0.5) is 0 Å². The Bertz CT molecular complexity index is 121. The highest BCUT2D eigenvalue weighted by atomic mass is 15.2. The Hall–Kier alpha value is -0.0800. The molecule has 2 aliphatic rings. The molecule has 0 aromatic heterocycles. The first-order valence-electron chi connectivity index (χ1n) is 4.25. The molecular formula is C8H16N2. The number of nitrogens with two attached hydrogens (primary N) is 1. The van der Waals surface area contributed by atoms with Gasteiger partial charge in [-0.2, -0.15) is 0 Å². The van der Waals surface area contributed by atoms with Crippen LogP contribution in [0.5, 0.6) is 0 Å². The lowest BCUT2D eigenvalue weighted by Gasteiger charge is -2.34. The summed E-state index contributed by atoms with van der Waals surface area (Å²) in [4.78, 5) is 2.52. The third-order valence-corrected chi connectivity index (χ3v) is 3.13. The van der Waals surface area contributed by atoms with E-state index < -0.39 is 0 Å². The largest absolute Gasteiger partial charge is 0.328 e. The number of nitrogens with zero attached hydrogens (tertiary/aromatic N) is 1. The molecule has 0 aliphatic carbocycles. The lowest BCUT2D eigenvalue weighted by molar-refractivity contribution is 0.163. The molecule has 0 radical (unpaired) electrons. The van der Waals surface area contributed by atoms with Crippen molar-refractivity contribution < 1.29 is 0 Å². The average Bonchev–Trinajstić information content (AvgIpc) is 2.20. The lowest BCUT2D eigenvalue weighted by Crippen LogP contribution is -2.45. The fourth-order valence-electron chi connectivity index (χ4n) is 2.45. The van der Waals surface area contributed by atoms with Gasteiger partial charge in [0.25, 0.3) is 0 Å². The number of piperidine rings is 1. The second kappa shape index (κ2) is 2.21. The minimum Gasteiger partial charge on any atom is -0.328 e. The molecule has 2 aliphatic heterocycles. The first-order valence-corrected chi connectivity index (χ1v) is 4.25. The number of hydrogen-bond acceptors (Lipinski definition) is 2. The van der Waals surface area contributed by atoms with Crippen LogP contribution in [-0.4, -0.2) is 30.1 Å². The van der Waals surface area contributed by atoms with E-state index in [0.29, 0.717) is 6.04 Å². The molecule has 2 saturated heterocycles. The maximum atomic E-state index is 5.89. The van der Waals surface area contributed by atoms with Crippen molar-refractivity contribution in [3.63, 3.8) is 0 Å². The molecule has 0 spiro atoms. The van der Waals surface area contributed by atoms with E-state index in [1.54, 1.807) is 0 Å². The van der Waals surface area contributed by atoms with E-state index in [1.807, 2.05) is 0 Å². The van der Waals surface area contributed by atoms with Gasteiger partial charge in [0.2, 0.25) is 0 Å². The zero-order valence-corrected chi connectivity index (χ0v) is 6.59. The predicted molar refractivity (Wildman–Crippen MR) is 41.8 cm³/mol. The monoisotopic (exact) mass is 140 g/mol. The molecule has 2 nitrogen and oxygen atoms in total. The fraction of sp³-hybridized carbons (Fsp3) is 1.00. The molecule has 1 unspecified atom stereocenters. The van der Waals surface area contributed by atoms with Crippen LogP contribution < -0.4 is 5.73 Å². The Balaban J connectivity index is 2.09. The van der Waals surface area contributed by atoms with Gasteiger partial charge in [-0.15, -0.1) is 0 Å². The average molecular weight is 140 g/mol. The summed E-state index contributed by atoms with van der Waals surface area (Å²) in [5, 5.41) is 0. The molecule has 2 heteroatoms. The van der Waals surface area contributed by atoms with E-state index in [9.17, 15) is 0 Å². The molecule has 2 N–H and O–H groups in total. The fourth-order valence-corrected chi connectivity index (χ4v) is 2.45. The topological polar surface area (TPSA) is 29.3 Å². The quantitative estimate of drug-likeness (QED) is 0.533. The minimum atomic E-state index is 0.494. The van der Waals surface area contributed by atoms with Gasteiger partial charge in [-0.05, 0) is 32.7 Å². The van der Waals surface area contributed by atoms with E-state index >= 15 is 0 Å². The summed E-state index contributed by atoms with van der Waals surface area (Å²) in [5.74, 6) is 0. The first kappa shape index (κ1) is 6.62. The van der Waals surface area contributed by atoms with Crippen molar-refractivity contribution in [2.45, 2.75) is 43.8 Å². The van der Waals surface area contributed by atoms with E-state index in [4.69, 9.17) is 5.73 Å². The zero-order chi connectivity index (χ0) is 7.14. The Morgan fingerprint density at radius 3 is 2.20 bits per heavy atom. The number of rotatable bonds is 0. The molecule has 2 heterocycles. The molecule has 0 aromatic carbocycles. The summed E-state index contributed by atoms with van der Waals surface area (Å²) in [6.45, 7) is 0. The Labute approximate surface area is 62.4 Å². The molecular weight excluding hydrogens is 124 g/mol. The first-order chi connectivity index (χ1) is 4.77. The smallest absolute Gasteiger partial charge is 0.0110 e. The van der Waals surface area contributed by atoms with Gasteiger partial charge in [-0.3, -0.25) is 0 Å². The summed E-state index contributed by atoms with van der Waals surface area (Å²) < 4.78 is 0. The van der Waals surface area contributed by atoms with Gasteiger partial charge in [-0.1, -0.05) is 0 Å². The molecule has 2 bridgehead atoms. The second-order valence-corrected chi connectivity index (χ2v) is 3.78. The van der Waals surface area contributed by atoms with Crippen molar-refractivity contribution in [1.82, 2.24) is 4.90 Å².